The number of nitrogens with two attached hydrogens (primary N) is 1. The summed E-state index contributed by atoms with van der Waals surface area (Å²) in [5.41, 5.74) is 10.6. The van der Waals surface area contributed by atoms with E-state index in [9.17, 15) is 27.9 Å². The number of fused-ring (bicyclic) bond motifs is 1. The second-order valence-electron chi connectivity index (χ2n) is 14.6. The monoisotopic (exact) mass is 833 g/mol. The third-order valence-electron chi connectivity index (χ3n) is 10.1. The third kappa shape index (κ3) is 14.2. The van der Waals surface area contributed by atoms with Gasteiger partial charge in [0.1, 0.15) is 29.9 Å². The van der Waals surface area contributed by atoms with Crippen molar-refractivity contribution in [3.63, 3.8) is 0 Å². The van der Waals surface area contributed by atoms with Gasteiger partial charge in [-0.1, -0.05) is 66.7 Å². The number of halogens is 4. The number of allylic oxidation sites excluding steroid dienone is 1. The molecule has 2 amide bonds. The number of carbonyl (C=O) groups excluding carboxylic acids is 2. The van der Waals surface area contributed by atoms with Crippen LogP contribution < -0.4 is 15.8 Å². The maximum atomic E-state index is 13.1. The largest absolute Gasteiger partial charge is 0.493 e. The van der Waals surface area contributed by atoms with Crippen molar-refractivity contribution in [3.05, 3.63) is 137 Å². The molecule has 6 rings (SSSR count). The summed E-state index contributed by atoms with van der Waals surface area (Å²) in [6.07, 6.45) is 2.17. The minimum atomic E-state index is -4.59. The first-order valence-electron chi connectivity index (χ1n) is 19.5. The number of pyridine rings is 1. The predicted octanol–water partition coefficient (Wildman–Crippen LogP) is 7.06. The molecule has 59 heavy (non-hydrogen) atoms. The van der Waals surface area contributed by atoms with E-state index in [-0.39, 0.29) is 39.0 Å². The Morgan fingerprint density at radius 2 is 1.81 bits per heavy atom. The number of benzene rings is 3. The molecule has 0 aliphatic carbocycles. The molecule has 4 N–H and O–H groups in total. The number of aliphatic hydroxyl groups is 1. The Bertz CT molecular complexity index is 1990. The van der Waals surface area contributed by atoms with Gasteiger partial charge in [-0.2, -0.15) is 13.2 Å². The molecule has 14 heteroatoms. The zero-order valence-electron chi connectivity index (χ0n) is 33.0. The average molecular weight is 834 g/mol. The lowest BCUT2D eigenvalue weighted by atomic mass is 9.92. The number of alkyl halides is 3. The standard InChI is InChI=1S/C36H41ClF3N5O4.C9H10O/c1-3-32(49-24(2)26-10-12-30(37)13-11-26)21-44-15-16-45(33(22-44)35(48)43-23-36(38,39)40)20-31(46)18-29(34(41)47)17-25-6-8-27(9-7-25)28-5-4-14-42-19-28;1-2-6-9-8(4-1)5-3-7-10-9/h3-14,19,29,31,33,46H,2,15-18,20-23H2,1H3,(H2,41,47)(H,43,48);1-2,4,6H,3,5,7H2/b32-3-;/t29-,31+,33+;/m1./s1. The lowest BCUT2D eigenvalue weighted by Gasteiger charge is -2.41. The van der Waals surface area contributed by atoms with Crippen LogP contribution in [-0.4, -0.2) is 95.9 Å². The third-order valence-corrected chi connectivity index (χ3v) is 10.4. The van der Waals surface area contributed by atoms with Gasteiger partial charge in [-0.15, -0.1) is 0 Å². The fraction of sp³-hybridized carbons (Fsp3) is 0.356. The molecule has 0 bridgehead atoms. The number of amides is 2. The van der Waals surface area contributed by atoms with E-state index >= 15 is 0 Å². The Hall–Kier alpha value is -5.21. The highest BCUT2D eigenvalue weighted by Crippen LogP contribution is 2.25. The summed E-state index contributed by atoms with van der Waals surface area (Å²) in [6, 6.07) is 25.6. The topological polar surface area (TPSA) is 130 Å². The van der Waals surface area contributed by atoms with E-state index in [1.54, 1.807) is 54.6 Å². The van der Waals surface area contributed by atoms with E-state index in [0.29, 0.717) is 23.1 Å². The molecule has 0 unspecified atom stereocenters. The van der Waals surface area contributed by atoms with Crippen LogP contribution in [0, 0.1) is 5.92 Å². The number of aryl methyl sites for hydroxylation is 1. The highest BCUT2D eigenvalue weighted by atomic mass is 35.5. The molecule has 4 aromatic rings. The van der Waals surface area contributed by atoms with Crippen molar-refractivity contribution in [2.24, 2.45) is 11.7 Å². The van der Waals surface area contributed by atoms with E-state index < -0.39 is 42.6 Å². The van der Waals surface area contributed by atoms with E-state index in [1.165, 1.54) is 12.0 Å². The Balaban J connectivity index is 0.000000570. The first kappa shape index (κ1) is 44.9. The van der Waals surface area contributed by atoms with E-state index in [0.717, 1.165) is 41.0 Å². The number of aromatic nitrogens is 1. The molecule has 314 valence electrons. The van der Waals surface area contributed by atoms with Crippen molar-refractivity contribution in [2.45, 2.75) is 50.9 Å². The molecule has 0 saturated carbocycles. The maximum Gasteiger partial charge on any atom is 0.405 e. The summed E-state index contributed by atoms with van der Waals surface area (Å²) < 4.78 is 50.4. The van der Waals surface area contributed by atoms with Gasteiger partial charge in [0, 0.05) is 55.1 Å². The zero-order valence-corrected chi connectivity index (χ0v) is 33.8. The number of β-amino-alcohol motifs (C(OH)–C–C–N with tert-alkyl or cyclic N) is 1. The van der Waals surface area contributed by atoms with E-state index in [4.69, 9.17) is 26.8 Å². The van der Waals surface area contributed by atoms with Crippen LogP contribution in [-0.2, 0) is 27.2 Å². The minimum absolute atomic E-state index is 0.0141. The van der Waals surface area contributed by atoms with Crippen molar-refractivity contribution >= 4 is 29.2 Å². The molecule has 2 aliphatic rings. The van der Waals surface area contributed by atoms with Crippen molar-refractivity contribution in [2.75, 3.05) is 45.9 Å². The van der Waals surface area contributed by atoms with Crippen molar-refractivity contribution in [1.29, 1.82) is 0 Å². The summed E-state index contributed by atoms with van der Waals surface area (Å²) in [5.74, 6) is -0.100. The van der Waals surface area contributed by atoms with Crippen LogP contribution in [0.2, 0.25) is 5.02 Å². The number of ether oxygens (including phenoxy) is 2. The number of nitrogens with one attached hydrogen (secondary N) is 1. The minimum Gasteiger partial charge on any atom is -0.493 e. The highest BCUT2D eigenvalue weighted by molar-refractivity contribution is 6.30. The first-order valence-corrected chi connectivity index (χ1v) is 19.9. The van der Waals surface area contributed by atoms with Gasteiger partial charge < -0.3 is 25.6 Å². The molecule has 3 atom stereocenters. The lowest BCUT2D eigenvalue weighted by molar-refractivity contribution is -0.143. The smallest absolute Gasteiger partial charge is 0.405 e. The fourth-order valence-electron chi connectivity index (χ4n) is 6.97. The van der Waals surface area contributed by atoms with Gasteiger partial charge in [-0.25, -0.2) is 0 Å². The highest BCUT2D eigenvalue weighted by Gasteiger charge is 2.36. The predicted molar refractivity (Wildman–Crippen MR) is 223 cm³/mol. The number of piperazine rings is 1. The number of rotatable bonds is 15. The summed E-state index contributed by atoms with van der Waals surface area (Å²) in [6.45, 7) is 6.19. The zero-order chi connectivity index (χ0) is 42.4. The molecular formula is C45H51ClF3N5O5. The number of nitrogens with zero attached hydrogens (tertiary/aromatic N) is 3. The molecular weight excluding hydrogens is 783 g/mol. The second kappa shape index (κ2) is 21.7. The molecule has 1 aromatic heterocycles. The number of hydrogen-bond acceptors (Lipinski definition) is 8. The summed E-state index contributed by atoms with van der Waals surface area (Å²) in [7, 11) is 0. The van der Waals surface area contributed by atoms with Crippen LogP contribution in [0.15, 0.2) is 116 Å². The SMILES string of the molecule is C=C(O/C(=C\C)CN1CCN(C[C@@H](O)C[C@@H](Cc2ccc(-c3cccnc3)cc2)C(N)=O)[C@H](C(=O)NCC(F)(F)F)C1)c1ccc(Cl)cc1.c1ccc2c(c1)CCCO2. The molecule has 2 aliphatic heterocycles. The van der Waals surface area contributed by atoms with Crippen LogP contribution in [0.25, 0.3) is 16.9 Å². The Kier molecular flexibility index (Phi) is 16.5. The normalized spacial score (nSPS) is 17.0. The van der Waals surface area contributed by atoms with Gasteiger partial charge in [0.25, 0.3) is 0 Å². The Morgan fingerprint density at radius 1 is 1.07 bits per heavy atom. The molecule has 3 heterocycles. The Labute approximate surface area is 348 Å². The van der Waals surface area contributed by atoms with E-state index in [2.05, 4.69) is 23.7 Å². The van der Waals surface area contributed by atoms with Gasteiger partial charge in [-0.3, -0.25) is 24.4 Å². The van der Waals surface area contributed by atoms with Crippen molar-refractivity contribution in [1.82, 2.24) is 20.1 Å². The maximum absolute atomic E-state index is 13.1. The van der Waals surface area contributed by atoms with Crippen molar-refractivity contribution in [3.8, 4) is 16.9 Å². The molecule has 10 nitrogen and oxygen atoms in total. The number of para-hydroxylation sites is 1. The fourth-order valence-corrected chi connectivity index (χ4v) is 7.10. The number of hydrogen-bond donors (Lipinski definition) is 3. The molecule has 1 fully saturated rings. The van der Waals surface area contributed by atoms with Gasteiger partial charge in [0.05, 0.1) is 19.3 Å². The first-order chi connectivity index (χ1) is 28.3. The van der Waals surface area contributed by atoms with Crippen LogP contribution in [0.1, 0.15) is 36.5 Å². The van der Waals surface area contributed by atoms with Crippen LogP contribution >= 0.6 is 11.6 Å². The molecule has 3 aromatic carbocycles. The summed E-state index contributed by atoms with van der Waals surface area (Å²) in [5, 5.41) is 13.6. The number of aliphatic hydroxyl groups excluding tert-OH is 1. The number of primary amides is 1. The van der Waals surface area contributed by atoms with Gasteiger partial charge >= 0.3 is 6.18 Å². The van der Waals surface area contributed by atoms with Crippen LogP contribution in [0.3, 0.4) is 0 Å². The summed E-state index contributed by atoms with van der Waals surface area (Å²) in [4.78, 5) is 33.2. The molecule has 0 radical (unpaired) electrons. The van der Waals surface area contributed by atoms with Gasteiger partial charge in [0.15, 0.2) is 0 Å². The molecule has 1 saturated heterocycles. The van der Waals surface area contributed by atoms with Crippen molar-refractivity contribution < 1.29 is 37.3 Å². The van der Waals surface area contributed by atoms with Crippen LogP contribution in [0.4, 0.5) is 13.2 Å². The van der Waals surface area contributed by atoms with E-state index in [1.807, 2.05) is 58.7 Å². The number of carbonyl (C=O) groups is 2. The quantitative estimate of drug-likeness (QED) is 0.109. The van der Waals surface area contributed by atoms with Gasteiger partial charge in [0.2, 0.25) is 11.8 Å². The average Bonchev–Trinajstić information content (AvgIpc) is 3.23. The molecule has 0 spiro atoms. The second-order valence-corrected chi connectivity index (χ2v) is 15.0. The van der Waals surface area contributed by atoms with Gasteiger partial charge in [-0.05, 0) is 97.3 Å². The van der Waals surface area contributed by atoms with Crippen LogP contribution in [0.5, 0.6) is 5.75 Å². The Morgan fingerprint density at radius 3 is 2.47 bits per heavy atom. The lowest BCUT2D eigenvalue weighted by Crippen LogP contribution is -2.61. The summed E-state index contributed by atoms with van der Waals surface area (Å²) >= 11 is 5.98.